The number of aliphatic imine (C=N–C) groups is 1. The SMILES string of the molecule is C=C(CN[C@@H](C)CC1(C(N)=NC(C)C)c2ccc(C(=O)NC)cc2CCC2CC(C(C)(C)NC)CCC21)N1CCCC1C#N. The molecule has 0 aromatic heterocycles. The Hall–Kier alpha value is -2.89. The highest BCUT2D eigenvalue weighted by Gasteiger charge is 2.53. The Morgan fingerprint density at radius 2 is 1.98 bits per heavy atom. The summed E-state index contributed by atoms with van der Waals surface area (Å²) in [5, 5.41) is 19.8. The maximum absolute atomic E-state index is 12.7. The van der Waals surface area contributed by atoms with Crippen LogP contribution < -0.4 is 21.7 Å². The third-order valence-electron chi connectivity index (χ3n) is 11.1. The van der Waals surface area contributed by atoms with Crippen LogP contribution in [-0.4, -0.2) is 67.5 Å². The fourth-order valence-electron chi connectivity index (χ4n) is 8.47. The quantitative estimate of drug-likeness (QED) is 0.211. The Kier molecular flexibility index (Phi) is 10.8. The molecule has 1 amide bonds. The highest BCUT2D eigenvalue weighted by atomic mass is 16.1. The first-order valence-corrected chi connectivity index (χ1v) is 16.8. The number of fused-ring (bicyclic) bond motifs is 2. The largest absolute Gasteiger partial charge is 0.387 e. The molecule has 1 aromatic carbocycles. The molecule has 4 rings (SSSR count). The molecule has 5 unspecified atom stereocenters. The van der Waals surface area contributed by atoms with Gasteiger partial charge in [-0.2, -0.15) is 5.26 Å². The Morgan fingerprint density at radius 1 is 1.23 bits per heavy atom. The van der Waals surface area contributed by atoms with Gasteiger partial charge in [0.25, 0.3) is 5.91 Å². The van der Waals surface area contributed by atoms with Crippen molar-refractivity contribution >= 4 is 11.7 Å². The van der Waals surface area contributed by atoms with Crippen LogP contribution in [-0.2, 0) is 11.8 Å². The first-order chi connectivity index (χ1) is 20.9. The second kappa shape index (κ2) is 14.0. The number of nitrogens with zero attached hydrogens (tertiary/aromatic N) is 3. The van der Waals surface area contributed by atoms with Gasteiger partial charge in [0.15, 0.2) is 0 Å². The van der Waals surface area contributed by atoms with Crippen LogP contribution >= 0.6 is 0 Å². The summed E-state index contributed by atoms with van der Waals surface area (Å²) >= 11 is 0. The number of benzene rings is 1. The van der Waals surface area contributed by atoms with Crippen LogP contribution in [0.15, 0.2) is 35.5 Å². The normalized spacial score (nSPS) is 28.1. The molecule has 2 aliphatic carbocycles. The topological polar surface area (TPSA) is 119 Å². The second-order valence-corrected chi connectivity index (χ2v) is 14.5. The average molecular weight is 604 g/mol. The Balaban J connectivity index is 1.76. The van der Waals surface area contributed by atoms with Gasteiger partial charge in [-0.15, -0.1) is 0 Å². The van der Waals surface area contributed by atoms with Crippen LogP contribution in [0.5, 0.6) is 0 Å². The summed E-state index contributed by atoms with van der Waals surface area (Å²) in [4.78, 5) is 20.0. The molecule has 44 heavy (non-hydrogen) atoms. The third kappa shape index (κ3) is 6.84. The van der Waals surface area contributed by atoms with Gasteiger partial charge < -0.3 is 26.6 Å². The molecule has 1 saturated heterocycles. The van der Waals surface area contributed by atoms with E-state index in [2.05, 4.69) is 87.3 Å². The summed E-state index contributed by atoms with van der Waals surface area (Å²) in [5.74, 6) is 2.06. The second-order valence-electron chi connectivity index (χ2n) is 14.5. The van der Waals surface area contributed by atoms with E-state index in [1.165, 1.54) is 11.1 Å². The maximum Gasteiger partial charge on any atom is 0.251 e. The van der Waals surface area contributed by atoms with Crippen LogP contribution in [0.25, 0.3) is 0 Å². The lowest BCUT2D eigenvalue weighted by Crippen LogP contribution is -2.56. The fourth-order valence-corrected chi connectivity index (χ4v) is 8.47. The molecule has 1 aliphatic heterocycles. The molecule has 1 aromatic rings. The van der Waals surface area contributed by atoms with Crippen molar-refractivity contribution in [1.82, 2.24) is 20.9 Å². The average Bonchev–Trinajstić information content (AvgIpc) is 3.45. The molecular formula is C36H57N7O. The monoisotopic (exact) mass is 603 g/mol. The molecule has 8 heteroatoms. The van der Waals surface area contributed by atoms with Crippen molar-refractivity contribution in [2.24, 2.45) is 28.5 Å². The zero-order valence-electron chi connectivity index (χ0n) is 28.3. The molecule has 3 aliphatic rings. The zero-order valence-corrected chi connectivity index (χ0v) is 28.3. The summed E-state index contributed by atoms with van der Waals surface area (Å²) in [7, 11) is 3.76. The van der Waals surface area contributed by atoms with E-state index >= 15 is 0 Å². The number of nitrogens with one attached hydrogen (secondary N) is 3. The number of rotatable bonds is 11. The number of hydrogen-bond acceptors (Lipinski definition) is 6. The van der Waals surface area contributed by atoms with Gasteiger partial charge in [0.2, 0.25) is 0 Å². The number of carbonyl (C=O) groups excluding carboxylic acids is 1. The molecule has 0 spiro atoms. The first-order valence-electron chi connectivity index (χ1n) is 16.8. The first kappa shape index (κ1) is 34.0. The van der Waals surface area contributed by atoms with E-state index < -0.39 is 5.41 Å². The van der Waals surface area contributed by atoms with Crippen molar-refractivity contribution in [3.63, 3.8) is 0 Å². The lowest BCUT2D eigenvalue weighted by Gasteiger charge is -2.51. The Morgan fingerprint density at radius 3 is 2.64 bits per heavy atom. The standard InChI is InChI=1S/C36H57N7O/c1-23(2)42-34(38)36(20-24(3)41-22-25(4)43-17-9-10-30(43)21-37)31-15-13-28(33(44)39-7)18-26(31)11-12-27-19-29(14-16-32(27)36)35(5,6)40-8/h13,15,18,23-24,27,29-30,32,40-41H,4,9-12,14,16-17,19-20,22H2,1-3,5-8H3,(H2,38,42)(H,39,44)/t24-,27?,29?,30?,32?,36?/m0/s1. The van der Waals surface area contributed by atoms with Gasteiger partial charge in [0, 0.05) is 49.0 Å². The predicted octanol–water partition coefficient (Wildman–Crippen LogP) is 4.90. The molecule has 1 saturated carbocycles. The minimum Gasteiger partial charge on any atom is -0.387 e. The molecule has 8 nitrogen and oxygen atoms in total. The van der Waals surface area contributed by atoms with Gasteiger partial charge in [-0.25, -0.2) is 0 Å². The van der Waals surface area contributed by atoms with Crippen molar-refractivity contribution in [3.8, 4) is 6.07 Å². The number of nitriles is 1. The van der Waals surface area contributed by atoms with Crippen LogP contribution in [0, 0.1) is 29.1 Å². The van der Waals surface area contributed by atoms with Crippen LogP contribution in [0.3, 0.4) is 0 Å². The molecule has 242 valence electrons. The van der Waals surface area contributed by atoms with Crippen LogP contribution in [0.2, 0.25) is 0 Å². The van der Waals surface area contributed by atoms with Crippen LogP contribution in [0.4, 0.5) is 0 Å². The molecule has 0 radical (unpaired) electrons. The minimum absolute atomic E-state index is 0.0583. The molecular weight excluding hydrogens is 546 g/mol. The summed E-state index contributed by atoms with van der Waals surface area (Å²) in [6, 6.07) is 8.81. The van der Waals surface area contributed by atoms with Crippen molar-refractivity contribution < 1.29 is 4.79 Å². The van der Waals surface area contributed by atoms with Gasteiger partial charge in [-0.3, -0.25) is 9.79 Å². The Labute approximate surface area is 266 Å². The summed E-state index contributed by atoms with van der Waals surface area (Å²) in [6.45, 7) is 17.0. The summed E-state index contributed by atoms with van der Waals surface area (Å²) in [6.07, 6.45) is 8.11. The zero-order chi connectivity index (χ0) is 32.2. The minimum atomic E-state index is -0.465. The Bertz CT molecular complexity index is 1260. The molecule has 0 bridgehead atoms. The third-order valence-corrected chi connectivity index (χ3v) is 11.1. The van der Waals surface area contributed by atoms with Crippen LogP contribution in [0.1, 0.15) is 101 Å². The highest BCUT2D eigenvalue weighted by Crippen LogP contribution is 2.54. The number of likely N-dealkylation sites (tertiary alicyclic amines) is 1. The van der Waals surface area contributed by atoms with Crippen molar-refractivity contribution in [2.45, 2.75) is 115 Å². The van der Waals surface area contributed by atoms with E-state index in [1.54, 1.807) is 7.05 Å². The van der Waals surface area contributed by atoms with E-state index in [0.29, 0.717) is 29.9 Å². The van der Waals surface area contributed by atoms with Gasteiger partial charge >= 0.3 is 0 Å². The fraction of sp³-hybridized carbons (Fsp3) is 0.694. The van der Waals surface area contributed by atoms with E-state index in [9.17, 15) is 10.1 Å². The molecule has 5 N–H and O–H groups in total. The van der Waals surface area contributed by atoms with Gasteiger partial charge in [-0.05, 0) is 134 Å². The van der Waals surface area contributed by atoms with Crippen molar-refractivity contribution in [1.29, 1.82) is 5.26 Å². The highest BCUT2D eigenvalue weighted by molar-refractivity contribution is 5.96. The lowest BCUT2D eigenvalue weighted by molar-refractivity contribution is 0.0784. The number of nitrogens with two attached hydrogens (primary N) is 1. The number of aryl methyl sites for hydroxylation is 1. The van der Waals surface area contributed by atoms with Crippen molar-refractivity contribution in [2.75, 3.05) is 27.2 Å². The summed E-state index contributed by atoms with van der Waals surface area (Å²) < 4.78 is 0. The van der Waals surface area contributed by atoms with Gasteiger partial charge in [0.05, 0.1) is 11.5 Å². The van der Waals surface area contributed by atoms with E-state index in [-0.39, 0.29) is 29.6 Å². The predicted molar refractivity (Wildman–Crippen MR) is 181 cm³/mol. The number of hydrogen-bond donors (Lipinski definition) is 4. The van der Waals surface area contributed by atoms with E-state index in [1.807, 2.05) is 6.07 Å². The molecule has 1 heterocycles. The molecule has 6 atom stereocenters. The number of amides is 1. The number of carbonyl (C=O) groups is 1. The lowest BCUT2D eigenvalue weighted by atomic mass is 9.55. The van der Waals surface area contributed by atoms with E-state index in [0.717, 1.165) is 69.4 Å². The van der Waals surface area contributed by atoms with Gasteiger partial charge in [-0.1, -0.05) is 12.6 Å². The maximum atomic E-state index is 12.7. The smallest absolute Gasteiger partial charge is 0.251 e. The summed E-state index contributed by atoms with van der Waals surface area (Å²) in [5.41, 5.74) is 11.0. The van der Waals surface area contributed by atoms with Crippen molar-refractivity contribution in [3.05, 3.63) is 47.2 Å². The van der Waals surface area contributed by atoms with E-state index in [4.69, 9.17) is 10.7 Å². The molecule has 2 fully saturated rings. The van der Waals surface area contributed by atoms with Gasteiger partial charge in [0.1, 0.15) is 11.9 Å². The number of amidine groups is 1.